The van der Waals surface area contributed by atoms with Gasteiger partial charge in [-0.15, -0.1) is 10.2 Å². The maximum absolute atomic E-state index is 12.8. The molecule has 0 saturated carbocycles. The van der Waals surface area contributed by atoms with Crippen LogP contribution in [0.15, 0.2) is 59.3 Å². The minimum atomic E-state index is -0.680. The fourth-order valence-electron chi connectivity index (χ4n) is 2.79. The summed E-state index contributed by atoms with van der Waals surface area (Å²) >= 11 is 0. The normalized spacial score (nSPS) is 11.9. The molecule has 0 spiro atoms. The summed E-state index contributed by atoms with van der Waals surface area (Å²) < 4.78 is 5.18. The van der Waals surface area contributed by atoms with Crippen LogP contribution in [0.2, 0.25) is 0 Å². The van der Waals surface area contributed by atoms with Crippen LogP contribution in [0.4, 0.5) is 5.69 Å². The van der Waals surface area contributed by atoms with Crippen LogP contribution in [0.3, 0.4) is 0 Å². The third-order valence-corrected chi connectivity index (χ3v) is 4.25. The van der Waals surface area contributed by atoms with E-state index in [1.165, 1.54) is 6.39 Å². The number of nitrogens with one attached hydrogen (secondary N) is 2. The second-order valence-electron chi connectivity index (χ2n) is 6.88. The Morgan fingerprint density at radius 3 is 2.54 bits per heavy atom. The second-order valence-corrected chi connectivity index (χ2v) is 6.88. The first-order valence-electron chi connectivity index (χ1n) is 8.99. The zero-order chi connectivity index (χ0) is 20.1. The Bertz CT molecular complexity index is 967. The van der Waals surface area contributed by atoms with Crippen molar-refractivity contribution in [3.63, 3.8) is 0 Å². The third-order valence-electron chi connectivity index (χ3n) is 4.25. The zero-order valence-corrected chi connectivity index (χ0v) is 16.0. The Labute approximate surface area is 163 Å². The molecule has 0 aliphatic heterocycles. The molecule has 2 N–H and O–H groups in total. The standard InChI is InChI=1S/C21H22N4O3/c1-13(2)18(24-19(26)15-7-4-6-14(3)10-15)20(27)23-17-9-5-8-16(11-17)21-25-22-12-28-21/h4-13,18H,1-3H3,(H,23,27)(H,24,26). The van der Waals surface area contributed by atoms with Gasteiger partial charge in [-0.05, 0) is 43.2 Å². The summed E-state index contributed by atoms with van der Waals surface area (Å²) in [5, 5.41) is 13.2. The van der Waals surface area contributed by atoms with Gasteiger partial charge in [0.1, 0.15) is 6.04 Å². The van der Waals surface area contributed by atoms with E-state index in [1.807, 2.05) is 39.0 Å². The van der Waals surface area contributed by atoms with Crippen LogP contribution in [-0.2, 0) is 4.79 Å². The number of aryl methyl sites for hydroxylation is 1. The van der Waals surface area contributed by atoms with Crippen molar-refractivity contribution < 1.29 is 14.0 Å². The number of hydrogen-bond acceptors (Lipinski definition) is 5. The van der Waals surface area contributed by atoms with Gasteiger partial charge < -0.3 is 15.1 Å². The van der Waals surface area contributed by atoms with E-state index >= 15 is 0 Å². The first kappa shape index (κ1) is 19.3. The summed E-state index contributed by atoms with van der Waals surface area (Å²) in [6, 6.07) is 13.7. The van der Waals surface area contributed by atoms with Gasteiger partial charge in [-0.25, -0.2) is 0 Å². The maximum atomic E-state index is 12.8. The maximum Gasteiger partial charge on any atom is 0.251 e. The lowest BCUT2D eigenvalue weighted by molar-refractivity contribution is -0.118. The fourth-order valence-corrected chi connectivity index (χ4v) is 2.79. The van der Waals surface area contributed by atoms with Gasteiger partial charge >= 0.3 is 0 Å². The molecule has 3 aromatic rings. The number of carbonyl (C=O) groups is 2. The molecular formula is C21H22N4O3. The topological polar surface area (TPSA) is 97.1 Å². The van der Waals surface area contributed by atoms with E-state index in [0.29, 0.717) is 22.7 Å². The number of anilines is 1. The molecule has 7 heteroatoms. The summed E-state index contributed by atoms with van der Waals surface area (Å²) in [6.07, 6.45) is 1.25. The molecule has 0 fully saturated rings. The van der Waals surface area contributed by atoms with Crippen molar-refractivity contribution in [2.24, 2.45) is 5.92 Å². The molecule has 1 atom stereocenters. The quantitative estimate of drug-likeness (QED) is 0.685. The van der Waals surface area contributed by atoms with E-state index < -0.39 is 6.04 Å². The van der Waals surface area contributed by atoms with Crippen LogP contribution >= 0.6 is 0 Å². The Morgan fingerprint density at radius 1 is 1.07 bits per heavy atom. The Morgan fingerprint density at radius 2 is 1.86 bits per heavy atom. The van der Waals surface area contributed by atoms with Crippen molar-refractivity contribution in [2.75, 3.05) is 5.32 Å². The minimum Gasteiger partial charge on any atom is -0.423 e. The van der Waals surface area contributed by atoms with Gasteiger partial charge in [-0.1, -0.05) is 37.6 Å². The average Bonchev–Trinajstić information content (AvgIpc) is 3.20. The van der Waals surface area contributed by atoms with Gasteiger partial charge in [0, 0.05) is 16.8 Å². The highest BCUT2D eigenvalue weighted by atomic mass is 16.4. The Balaban J connectivity index is 1.73. The largest absolute Gasteiger partial charge is 0.423 e. The van der Waals surface area contributed by atoms with Crippen LogP contribution in [0.5, 0.6) is 0 Å². The third kappa shape index (κ3) is 4.62. The SMILES string of the molecule is Cc1cccc(C(=O)NC(C(=O)Nc2cccc(-c3nnco3)c2)C(C)C)c1. The van der Waals surface area contributed by atoms with Gasteiger partial charge in [-0.2, -0.15) is 0 Å². The smallest absolute Gasteiger partial charge is 0.251 e. The van der Waals surface area contributed by atoms with Crippen molar-refractivity contribution in [1.29, 1.82) is 0 Å². The minimum absolute atomic E-state index is 0.0899. The van der Waals surface area contributed by atoms with E-state index in [2.05, 4.69) is 20.8 Å². The molecule has 2 aromatic carbocycles. The number of aromatic nitrogens is 2. The second kappa shape index (κ2) is 8.47. The van der Waals surface area contributed by atoms with E-state index in [9.17, 15) is 9.59 Å². The molecule has 0 aliphatic carbocycles. The van der Waals surface area contributed by atoms with Crippen molar-refractivity contribution in [3.05, 3.63) is 66.1 Å². The highest BCUT2D eigenvalue weighted by Gasteiger charge is 2.25. The van der Waals surface area contributed by atoms with E-state index in [-0.39, 0.29) is 17.7 Å². The molecule has 1 heterocycles. The van der Waals surface area contributed by atoms with Crippen LogP contribution in [-0.4, -0.2) is 28.1 Å². The number of carbonyl (C=O) groups excluding carboxylic acids is 2. The van der Waals surface area contributed by atoms with Crippen LogP contribution in [0.25, 0.3) is 11.5 Å². The molecule has 144 valence electrons. The predicted molar refractivity (Wildman–Crippen MR) is 106 cm³/mol. The lowest BCUT2D eigenvalue weighted by Crippen LogP contribution is -2.47. The molecule has 3 rings (SSSR count). The molecule has 0 bridgehead atoms. The van der Waals surface area contributed by atoms with Crippen LogP contribution in [0.1, 0.15) is 29.8 Å². The monoisotopic (exact) mass is 378 g/mol. The summed E-state index contributed by atoms with van der Waals surface area (Å²) in [6.45, 7) is 5.69. The predicted octanol–water partition coefficient (Wildman–Crippen LogP) is 3.44. The molecule has 0 radical (unpaired) electrons. The zero-order valence-electron chi connectivity index (χ0n) is 16.0. The first-order valence-corrected chi connectivity index (χ1v) is 8.99. The molecule has 0 aliphatic rings. The van der Waals surface area contributed by atoms with Crippen molar-refractivity contribution in [3.8, 4) is 11.5 Å². The molecule has 2 amide bonds. The van der Waals surface area contributed by atoms with E-state index in [4.69, 9.17) is 4.42 Å². The van der Waals surface area contributed by atoms with Crippen molar-refractivity contribution >= 4 is 17.5 Å². The first-order chi connectivity index (χ1) is 13.4. The summed E-state index contributed by atoms with van der Waals surface area (Å²) in [4.78, 5) is 25.4. The highest BCUT2D eigenvalue weighted by molar-refractivity contribution is 6.01. The van der Waals surface area contributed by atoms with E-state index in [0.717, 1.165) is 5.56 Å². The molecule has 1 aromatic heterocycles. The lowest BCUT2D eigenvalue weighted by atomic mass is 10.0. The van der Waals surface area contributed by atoms with Gasteiger partial charge in [0.25, 0.3) is 5.91 Å². The van der Waals surface area contributed by atoms with Gasteiger partial charge in [0.2, 0.25) is 18.2 Å². The van der Waals surface area contributed by atoms with Crippen LogP contribution in [0, 0.1) is 12.8 Å². The number of benzene rings is 2. The van der Waals surface area contributed by atoms with Gasteiger partial charge in [0.15, 0.2) is 0 Å². The summed E-state index contributed by atoms with van der Waals surface area (Å²) in [5.41, 5.74) is 2.78. The summed E-state index contributed by atoms with van der Waals surface area (Å²) in [7, 11) is 0. The Hall–Kier alpha value is -3.48. The average molecular weight is 378 g/mol. The fraction of sp³-hybridized carbons (Fsp3) is 0.238. The number of nitrogens with zero attached hydrogens (tertiary/aromatic N) is 2. The Kier molecular flexibility index (Phi) is 5.84. The van der Waals surface area contributed by atoms with E-state index in [1.54, 1.807) is 30.3 Å². The van der Waals surface area contributed by atoms with Crippen molar-refractivity contribution in [1.82, 2.24) is 15.5 Å². The van der Waals surface area contributed by atoms with Crippen LogP contribution < -0.4 is 10.6 Å². The number of amides is 2. The number of hydrogen-bond donors (Lipinski definition) is 2. The van der Waals surface area contributed by atoms with Crippen molar-refractivity contribution in [2.45, 2.75) is 26.8 Å². The highest BCUT2D eigenvalue weighted by Crippen LogP contribution is 2.21. The molecule has 28 heavy (non-hydrogen) atoms. The molecule has 0 saturated heterocycles. The molecule has 7 nitrogen and oxygen atoms in total. The number of rotatable bonds is 6. The molecule has 1 unspecified atom stereocenters. The summed E-state index contributed by atoms with van der Waals surface area (Å²) in [5.74, 6) is -0.298. The molecular weight excluding hydrogens is 356 g/mol. The van der Waals surface area contributed by atoms with Gasteiger partial charge in [0.05, 0.1) is 0 Å². The van der Waals surface area contributed by atoms with Gasteiger partial charge in [-0.3, -0.25) is 9.59 Å². The lowest BCUT2D eigenvalue weighted by Gasteiger charge is -2.22.